The molecule has 0 radical (unpaired) electrons. The lowest BCUT2D eigenvalue weighted by atomic mass is 10.1. The van der Waals surface area contributed by atoms with Crippen molar-refractivity contribution in [3.05, 3.63) is 58.5 Å². The summed E-state index contributed by atoms with van der Waals surface area (Å²) in [5, 5.41) is 9.69. The van der Waals surface area contributed by atoms with Crippen LogP contribution in [-0.4, -0.2) is 23.0 Å². The number of hydrogen-bond acceptors (Lipinski definition) is 3. The van der Waals surface area contributed by atoms with Gasteiger partial charge in [0.15, 0.2) is 0 Å². The van der Waals surface area contributed by atoms with Crippen LogP contribution in [0.3, 0.4) is 0 Å². The molecule has 20 heavy (non-hydrogen) atoms. The Kier molecular flexibility index (Phi) is 4.47. The fourth-order valence-corrected chi connectivity index (χ4v) is 2.29. The highest BCUT2D eigenvalue weighted by molar-refractivity contribution is 6.31. The number of carboxylic acids is 1. The van der Waals surface area contributed by atoms with Crippen molar-refractivity contribution >= 4 is 17.6 Å². The second-order valence-electron chi connectivity index (χ2n) is 4.68. The van der Waals surface area contributed by atoms with Crippen molar-refractivity contribution in [2.45, 2.75) is 19.5 Å². The van der Waals surface area contributed by atoms with Gasteiger partial charge in [-0.05, 0) is 43.8 Å². The molecule has 1 N–H and O–H groups in total. The van der Waals surface area contributed by atoms with Crippen molar-refractivity contribution in [2.24, 2.45) is 0 Å². The zero-order valence-electron chi connectivity index (χ0n) is 11.3. The molecule has 0 spiro atoms. The van der Waals surface area contributed by atoms with E-state index >= 15 is 0 Å². The van der Waals surface area contributed by atoms with Gasteiger partial charge < -0.3 is 9.52 Å². The van der Waals surface area contributed by atoms with Gasteiger partial charge in [-0.2, -0.15) is 0 Å². The standard InChI is InChI=1S/C15H16ClNO3/c1-10(14-7-4-8-20-14)17(2)9-12-11(15(18)19)5-3-6-13(12)16/h3-8,10H,9H2,1-2H3,(H,18,19). The van der Waals surface area contributed by atoms with Gasteiger partial charge in [0, 0.05) is 11.6 Å². The molecule has 2 aromatic rings. The lowest BCUT2D eigenvalue weighted by Gasteiger charge is -2.24. The smallest absolute Gasteiger partial charge is 0.336 e. The summed E-state index contributed by atoms with van der Waals surface area (Å²) >= 11 is 6.13. The minimum absolute atomic E-state index is 0.0305. The lowest BCUT2D eigenvalue weighted by Crippen LogP contribution is -2.23. The second-order valence-corrected chi connectivity index (χ2v) is 5.08. The van der Waals surface area contributed by atoms with E-state index in [1.807, 2.05) is 31.0 Å². The van der Waals surface area contributed by atoms with Gasteiger partial charge in [-0.3, -0.25) is 4.90 Å². The zero-order valence-corrected chi connectivity index (χ0v) is 12.1. The Balaban J connectivity index is 2.23. The Labute approximate surface area is 122 Å². The van der Waals surface area contributed by atoms with E-state index in [4.69, 9.17) is 16.0 Å². The van der Waals surface area contributed by atoms with Gasteiger partial charge in [-0.1, -0.05) is 17.7 Å². The third-order valence-electron chi connectivity index (χ3n) is 3.37. The molecule has 1 unspecified atom stereocenters. The first-order valence-electron chi connectivity index (χ1n) is 6.25. The molecule has 0 aliphatic heterocycles. The molecule has 1 atom stereocenters. The van der Waals surface area contributed by atoms with Crippen molar-refractivity contribution in [1.82, 2.24) is 4.90 Å². The van der Waals surface area contributed by atoms with E-state index in [-0.39, 0.29) is 11.6 Å². The minimum Gasteiger partial charge on any atom is -0.478 e. The van der Waals surface area contributed by atoms with Gasteiger partial charge in [0.2, 0.25) is 0 Å². The fraction of sp³-hybridized carbons (Fsp3) is 0.267. The first kappa shape index (κ1) is 14.6. The molecule has 1 heterocycles. The van der Waals surface area contributed by atoms with Crippen molar-refractivity contribution in [3.8, 4) is 0 Å². The molecule has 4 nitrogen and oxygen atoms in total. The summed E-state index contributed by atoms with van der Waals surface area (Å²) in [5.41, 5.74) is 0.846. The minimum atomic E-state index is -0.971. The van der Waals surface area contributed by atoms with E-state index in [0.29, 0.717) is 17.1 Å². The van der Waals surface area contributed by atoms with Gasteiger partial charge in [0.25, 0.3) is 0 Å². The first-order valence-corrected chi connectivity index (χ1v) is 6.63. The van der Waals surface area contributed by atoms with E-state index in [9.17, 15) is 9.90 Å². The molecule has 5 heteroatoms. The zero-order chi connectivity index (χ0) is 14.7. The van der Waals surface area contributed by atoms with E-state index in [2.05, 4.69) is 0 Å². The molecule has 0 saturated carbocycles. The molecule has 0 bridgehead atoms. The van der Waals surface area contributed by atoms with Crippen LogP contribution in [0.1, 0.15) is 34.6 Å². The Morgan fingerprint density at radius 1 is 1.40 bits per heavy atom. The number of carbonyl (C=O) groups is 1. The largest absolute Gasteiger partial charge is 0.478 e. The topological polar surface area (TPSA) is 53.7 Å². The maximum absolute atomic E-state index is 11.3. The maximum atomic E-state index is 11.3. The molecule has 106 valence electrons. The van der Waals surface area contributed by atoms with E-state index in [1.165, 1.54) is 0 Å². The van der Waals surface area contributed by atoms with Crippen LogP contribution in [0, 0.1) is 0 Å². The van der Waals surface area contributed by atoms with Crippen LogP contribution in [0.5, 0.6) is 0 Å². The van der Waals surface area contributed by atoms with E-state index < -0.39 is 5.97 Å². The molecule has 2 rings (SSSR count). The van der Waals surface area contributed by atoms with Crippen molar-refractivity contribution in [1.29, 1.82) is 0 Å². The molecular weight excluding hydrogens is 278 g/mol. The normalized spacial score (nSPS) is 12.6. The monoisotopic (exact) mass is 293 g/mol. The number of aromatic carboxylic acids is 1. The Morgan fingerprint density at radius 3 is 2.75 bits per heavy atom. The number of benzene rings is 1. The van der Waals surface area contributed by atoms with Crippen LogP contribution in [0.25, 0.3) is 0 Å². The molecule has 1 aromatic heterocycles. The summed E-state index contributed by atoms with van der Waals surface area (Å²) in [6.45, 7) is 2.43. The van der Waals surface area contributed by atoms with Crippen LogP contribution < -0.4 is 0 Å². The van der Waals surface area contributed by atoms with Crippen LogP contribution in [0.4, 0.5) is 0 Å². The molecule has 1 aromatic carbocycles. The summed E-state index contributed by atoms with van der Waals surface area (Å²) in [6.07, 6.45) is 1.62. The van der Waals surface area contributed by atoms with Crippen LogP contribution >= 0.6 is 11.6 Å². The summed E-state index contributed by atoms with van der Waals surface area (Å²) in [5.74, 6) is -0.141. The van der Waals surface area contributed by atoms with Crippen LogP contribution in [0.15, 0.2) is 41.0 Å². The third kappa shape index (κ3) is 3.03. The van der Waals surface area contributed by atoms with Gasteiger partial charge in [-0.25, -0.2) is 4.79 Å². The number of furan rings is 1. The Bertz CT molecular complexity index is 595. The summed E-state index contributed by atoms with van der Waals surface area (Å²) in [4.78, 5) is 13.3. The van der Waals surface area contributed by atoms with Crippen molar-refractivity contribution in [2.75, 3.05) is 7.05 Å². The molecule has 0 amide bonds. The molecule has 0 saturated heterocycles. The maximum Gasteiger partial charge on any atom is 0.336 e. The highest BCUT2D eigenvalue weighted by Crippen LogP contribution is 2.26. The van der Waals surface area contributed by atoms with Gasteiger partial charge >= 0.3 is 5.97 Å². The number of halogens is 1. The van der Waals surface area contributed by atoms with Gasteiger partial charge in [-0.15, -0.1) is 0 Å². The van der Waals surface area contributed by atoms with E-state index in [1.54, 1.807) is 24.5 Å². The molecule has 0 aliphatic carbocycles. The predicted octanol–water partition coefficient (Wildman–Crippen LogP) is 3.82. The van der Waals surface area contributed by atoms with Gasteiger partial charge in [0.05, 0.1) is 17.9 Å². The second kappa shape index (κ2) is 6.11. The lowest BCUT2D eigenvalue weighted by molar-refractivity contribution is 0.0694. The summed E-state index contributed by atoms with van der Waals surface area (Å²) < 4.78 is 5.37. The van der Waals surface area contributed by atoms with Crippen molar-refractivity contribution in [3.63, 3.8) is 0 Å². The highest BCUT2D eigenvalue weighted by Gasteiger charge is 2.19. The first-order chi connectivity index (χ1) is 9.50. The fourth-order valence-electron chi connectivity index (χ4n) is 2.05. The van der Waals surface area contributed by atoms with Crippen molar-refractivity contribution < 1.29 is 14.3 Å². The average Bonchev–Trinajstić information content (AvgIpc) is 2.93. The Hall–Kier alpha value is -1.78. The van der Waals surface area contributed by atoms with Crippen LogP contribution in [0.2, 0.25) is 5.02 Å². The summed E-state index contributed by atoms with van der Waals surface area (Å²) in [6, 6.07) is 8.67. The number of nitrogens with zero attached hydrogens (tertiary/aromatic N) is 1. The average molecular weight is 294 g/mol. The predicted molar refractivity (Wildman–Crippen MR) is 77.0 cm³/mol. The summed E-state index contributed by atoms with van der Waals surface area (Å²) in [7, 11) is 1.90. The van der Waals surface area contributed by atoms with Gasteiger partial charge in [0.1, 0.15) is 5.76 Å². The molecule has 0 aliphatic rings. The Morgan fingerprint density at radius 2 is 2.15 bits per heavy atom. The number of hydrogen-bond donors (Lipinski definition) is 1. The number of carboxylic acid groups (broad SMARTS) is 1. The molecular formula is C15H16ClNO3. The molecule has 0 fully saturated rings. The SMILES string of the molecule is CC(c1ccco1)N(C)Cc1c(Cl)cccc1C(=O)O. The van der Waals surface area contributed by atoms with Crippen LogP contribution in [-0.2, 0) is 6.54 Å². The number of rotatable bonds is 5. The van der Waals surface area contributed by atoms with E-state index in [0.717, 1.165) is 5.76 Å². The highest BCUT2D eigenvalue weighted by atomic mass is 35.5. The quantitative estimate of drug-likeness (QED) is 0.910. The third-order valence-corrected chi connectivity index (χ3v) is 3.73.